The highest BCUT2D eigenvalue weighted by Crippen LogP contribution is 2.70. The van der Waals surface area contributed by atoms with E-state index in [4.69, 9.17) is 0 Å². The van der Waals surface area contributed by atoms with Gasteiger partial charge in [-0.3, -0.25) is 0 Å². The largest absolute Gasteiger partial charge is 0.303 e. The minimum Gasteiger partial charge on any atom is -0.303 e. The monoisotopic (exact) mass is 263 g/mol. The van der Waals surface area contributed by atoms with Crippen molar-refractivity contribution in [3.05, 3.63) is 0 Å². The molecular weight excluding hydrogens is 230 g/mol. The van der Waals surface area contributed by atoms with Gasteiger partial charge in [-0.2, -0.15) is 0 Å². The maximum atomic E-state index is 2.62. The molecule has 0 aromatic heterocycles. The third-order valence-electron chi connectivity index (χ3n) is 7.80. The molecule has 3 unspecified atom stereocenters. The Morgan fingerprint density at radius 3 is 2.26 bits per heavy atom. The molecule has 0 aliphatic heterocycles. The lowest BCUT2D eigenvalue weighted by Gasteiger charge is -2.58. The Morgan fingerprint density at radius 1 is 1.05 bits per heavy atom. The van der Waals surface area contributed by atoms with Crippen LogP contribution in [-0.4, -0.2) is 24.5 Å². The summed E-state index contributed by atoms with van der Waals surface area (Å²) in [6.07, 6.45) is 11.9. The van der Waals surface area contributed by atoms with Crippen molar-refractivity contribution < 1.29 is 0 Å². The zero-order valence-corrected chi connectivity index (χ0v) is 13.8. The Balaban J connectivity index is 1.87. The van der Waals surface area contributed by atoms with Crippen molar-refractivity contribution in [2.45, 2.75) is 77.7 Å². The summed E-state index contributed by atoms with van der Waals surface area (Å²) < 4.78 is 0. The van der Waals surface area contributed by atoms with Gasteiger partial charge in [-0.15, -0.1) is 0 Å². The van der Waals surface area contributed by atoms with E-state index >= 15 is 0 Å². The van der Waals surface area contributed by atoms with E-state index in [1.165, 1.54) is 44.9 Å². The third kappa shape index (κ3) is 1.83. The topological polar surface area (TPSA) is 3.24 Å². The van der Waals surface area contributed by atoms with Gasteiger partial charge >= 0.3 is 0 Å². The lowest BCUT2D eigenvalue weighted by molar-refractivity contribution is -0.0743. The summed E-state index contributed by atoms with van der Waals surface area (Å²) in [6.45, 7) is 7.67. The van der Waals surface area contributed by atoms with Crippen LogP contribution in [0.25, 0.3) is 0 Å². The highest BCUT2D eigenvalue weighted by molar-refractivity contribution is 5.14. The molecule has 3 aliphatic rings. The number of nitrogens with zero attached hydrogens (tertiary/aromatic N) is 1. The summed E-state index contributed by atoms with van der Waals surface area (Å²) in [5.41, 5.74) is 1.69. The average molecular weight is 263 g/mol. The predicted octanol–water partition coefficient (Wildman–Crippen LogP) is 4.71. The van der Waals surface area contributed by atoms with Gasteiger partial charge in [0.2, 0.25) is 0 Å². The second kappa shape index (κ2) is 4.23. The minimum absolute atomic E-state index is 0.385. The summed E-state index contributed by atoms with van der Waals surface area (Å²) in [7, 11) is 4.63. The van der Waals surface area contributed by atoms with Gasteiger partial charge in [-0.25, -0.2) is 0 Å². The van der Waals surface area contributed by atoms with Gasteiger partial charge in [0.25, 0.3) is 0 Å². The fraction of sp³-hybridized carbons (Fsp3) is 1.00. The molecule has 0 heterocycles. The predicted molar refractivity (Wildman–Crippen MR) is 82.2 cm³/mol. The number of fused-ring (bicyclic) bond motifs is 1. The highest BCUT2D eigenvalue weighted by Gasteiger charge is 2.62. The zero-order chi connectivity index (χ0) is 13.9. The summed E-state index contributed by atoms with van der Waals surface area (Å²) in [5, 5.41) is 0. The van der Waals surface area contributed by atoms with Crippen LogP contribution < -0.4 is 0 Å². The van der Waals surface area contributed by atoms with Crippen LogP contribution in [0.4, 0.5) is 0 Å². The van der Waals surface area contributed by atoms with Crippen LogP contribution >= 0.6 is 0 Å². The Kier molecular flexibility index (Phi) is 3.10. The fourth-order valence-electron chi connectivity index (χ4n) is 6.10. The summed E-state index contributed by atoms with van der Waals surface area (Å²) in [6, 6.07) is 0. The van der Waals surface area contributed by atoms with Gasteiger partial charge in [-0.05, 0) is 82.2 Å². The molecule has 0 saturated heterocycles. The first-order valence-electron chi connectivity index (χ1n) is 8.52. The van der Waals surface area contributed by atoms with Crippen molar-refractivity contribution >= 4 is 0 Å². The number of hydrogen-bond donors (Lipinski definition) is 0. The van der Waals surface area contributed by atoms with Crippen LogP contribution in [0.3, 0.4) is 0 Å². The lowest BCUT2D eigenvalue weighted by atomic mass is 9.54. The summed E-state index contributed by atoms with van der Waals surface area (Å²) in [4.78, 5) is 2.56. The van der Waals surface area contributed by atoms with Crippen LogP contribution in [0.1, 0.15) is 72.1 Å². The number of rotatable bonds is 3. The molecule has 0 N–H and O–H groups in total. The van der Waals surface area contributed by atoms with E-state index in [0.717, 1.165) is 17.3 Å². The first-order valence-corrected chi connectivity index (χ1v) is 8.52. The normalized spacial score (nSPS) is 53.4. The standard InChI is InChI=1S/C18H33N/c1-14-8-6-10-16(2,17(14,3)19(4)5)13-18-11-7-9-15(18)12-18/h14-15H,6-13H2,1-5H3/t14?,15?,16?,17-,18+/m0/s1. The SMILES string of the molecule is CC1CCCC(C)(C[C@]23CCCC2C3)[C@@]1(C)N(C)C. The van der Waals surface area contributed by atoms with Crippen molar-refractivity contribution in [2.75, 3.05) is 14.1 Å². The van der Waals surface area contributed by atoms with E-state index in [2.05, 4.69) is 39.8 Å². The van der Waals surface area contributed by atoms with Crippen LogP contribution in [-0.2, 0) is 0 Å². The van der Waals surface area contributed by atoms with E-state index in [1.807, 2.05) is 0 Å². The van der Waals surface area contributed by atoms with E-state index in [9.17, 15) is 0 Å². The minimum atomic E-state index is 0.385. The lowest BCUT2D eigenvalue weighted by Crippen LogP contribution is -2.60. The van der Waals surface area contributed by atoms with Gasteiger partial charge in [0, 0.05) is 5.54 Å². The van der Waals surface area contributed by atoms with E-state index in [-0.39, 0.29) is 0 Å². The van der Waals surface area contributed by atoms with E-state index in [0.29, 0.717) is 11.0 Å². The molecule has 0 bridgehead atoms. The van der Waals surface area contributed by atoms with Gasteiger partial charge in [0.1, 0.15) is 0 Å². The van der Waals surface area contributed by atoms with Crippen molar-refractivity contribution in [1.82, 2.24) is 4.90 Å². The Bertz CT molecular complexity index is 363. The Labute approximate surface area is 120 Å². The molecule has 0 radical (unpaired) electrons. The molecule has 0 aromatic carbocycles. The summed E-state index contributed by atoms with van der Waals surface area (Å²) >= 11 is 0. The molecule has 110 valence electrons. The van der Waals surface area contributed by atoms with E-state index in [1.54, 1.807) is 6.42 Å². The quantitative estimate of drug-likeness (QED) is 0.712. The van der Waals surface area contributed by atoms with Crippen LogP contribution in [0.15, 0.2) is 0 Å². The van der Waals surface area contributed by atoms with Crippen molar-refractivity contribution in [3.63, 3.8) is 0 Å². The van der Waals surface area contributed by atoms with Gasteiger partial charge < -0.3 is 4.90 Å². The highest BCUT2D eigenvalue weighted by atomic mass is 15.2. The molecule has 0 spiro atoms. The van der Waals surface area contributed by atoms with E-state index < -0.39 is 0 Å². The van der Waals surface area contributed by atoms with Crippen molar-refractivity contribution in [2.24, 2.45) is 22.7 Å². The molecule has 3 rings (SSSR count). The maximum absolute atomic E-state index is 2.62. The molecule has 1 nitrogen and oxygen atoms in total. The molecule has 1 heteroatoms. The molecule has 0 aromatic rings. The van der Waals surface area contributed by atoms with Crippen molar-refractivity contribution in [3.8, 4) is 0 Å². The first kappa shape index (κ1) is 13.9. The number of hydrogen-bond acceptors (Lipinski definition) is 1. The molecule has 3 aliphatic carbocycles. The second-order valence-corrected chi connectivity index (χ2v) is 8.73. The molecule has 0 amide bonds. The molecule has 3 saturated carbocycles. The molecular formula is C18H33N. The zero-order valence-electron chi connectivity index (χ0n) is 13.8. The second-order valence-electron chi connectivity index (χ2n) is 8.73. The Morgan fingerprint density at radius 2 is 1.74 bits per heavy atom. The van der Waals surface area contributed by atoms with Crippen LogP contribution in [0, 0.1) is 22.7 Å². The molecule has 19 heavy (non-hydrogen) atoms. The molecule has 3 fully saturated rings. The Hall–Kier alpha value is -0.0400. The van der Waals surface area contributed by atoms with Crippen molar-refractivity contribution in [1.29, 1.82) is 0 Å². The molecule has 5 atom stereocenters. The van der Waals surface area contributed by atoms with Crippen LogP contribution in [0.5, 0.6) is 0 Å². The van der Waals surface area contributed by atoms with Gasteiger partial charge in [-0.1, -0.05) is 26.7 Å². The smallest absolute Gasteiger partial charge is 0.0254 e. The summed E-state index contributed by atoms with van der Waals surface area (Å²) in [5.74, 6) is 1.93. The van der Waals surface area contributed by atoms with Crippen LogP contribution in [0.2, 0.25) is 0 Å². The maximum Gasteiger partial charge on any atom is 0.0254 e. The van der Waals surface area contributed by atoms with Gasteiger partial charge in [0.05, 0.1) is 0 Å². The fourth-order valence-corrected chi connectivity index (χ4v) is 6.10. The van der Waals surface area contributed by atoms with Gasteiger partial charge in [0.15, 0.2) is 0 Å². The average Bonchev–Trinajstić information content (AvgIpc) is 2.86. The third-order valence-corrected chi connectivity index (χ3v) is 7.80. The first-order chi connectivity index (χ1) is 8.84.